The van der Waals surface area contributed by atoms with E-state index in [1.165, 1.54) is 22.6 Å². The minimum absolute atomic E-state index is 0.167. The number of likely N-dealkylation sites (tertiary alicyclic amines) is 1. The van der Waals surface area contributed by atoms with Gasteiger partial charge in [-0.3, -0.25) is 0 Å². The summed E-state index contributed by atoms with van der Waals surface area (Å²) in [5.74, 6) is 2.71. The molecule has 1 saturated heterocycles. The molecule has 0 aromatic heterocycles. The van der Waals surface area contributed by atoms with Crippen LogP contribution >= 0.6 is 11.8 Å². The molecule has 1 amide bonds. The SMILES string of the molecule is CC(C)(C)OC(=O)N1CC[C@H]2C(C1)c1cccc3c1N2CCSC3. The van der Waals surface area contributed by atoms with Crippen LogP contribution in [-0.2, 0) is 10.5 Å². The molecule has 0 N–H and O–H groups in total. The predicted molar refractivity (Wildman–Crippen MR) is 98.9 cm³/mol. The van der Waals surface area contributed by atoms with Crippen LogP contribution < -0.4 is 4.90 Å². The molecular weight excluding hydrogens is 320 g/mol. The van der Waals surface area contributed by atoms with Crippen molar-refractivity contribution in [2.24, 2.45) is 0 Å². The van der Waals surface area contributed by atoms with E-state index in [0.717, 1.165) is 31.8 Å². The fourth-order valence-corrected chi connectivity index (χ4v) is 5.20. The number of hydrogen-bond acceptors (Lipinski definition) is 4. The molecule has 4 rings (SSSR count). The minimum atomic E-state index is -0.432. The van der Waals surface area contributed by atoms with E-state index < -0.39 is 5.60 Å². The Bertz CT molecular complexity index is 655. The van der Waals surface area contributed by atoms with E-state index in [2.05, 4.69) is 23.1 Å². The third-order valence-electron chi connectivity index (χ3n) is 5.20. The first-order valence-electron chi connectivity index (χ1n) is 8.88. The van der Waals surface area contributed by atoms with E-state index in [1.54, 1.807) is 0 Å². The van der Waals surface area contributed by atoms with Crippen LogP contribution in [0.5, 0.6) is 0 Å². The molecule has 3 heterocycles. The summed E-state index contributed by atoms with van der Waals surface area (Å²) in [6.45, 7) is 8.49. The number of carbonyl (C=O) groups is 1. The van der Waals surface area contributed by atoms with Gasteiger partial charge in [0.05, 0.1) is 0 Å². The van der Waals surface area contributed by atoms with Crippen molar-refractivity contribution >= 4 is 23.5 Å². The Hall–Kier alpha value is -1.36. The largest absolute Gasteiger partial charge is 0.444 e. The lowest BCUT2D eigenvalue weighted by molar-refractivity contribution is 0.0189. The lowest BCUT2D eigenvalue weighted by Gasteiger charge is -2.39. The van der Waals surface area contributed by atoms with Crippen LogP contribution in [-0.4, -0.2) is 48.0 Å². The molecule has 3 aliphatic heterocycles. The van der Waals surface area contributed by atoms with Crippen LogP contribution in [0.25, 0.3) is 0 Å². The number of benzene rings is 1. The number of para-hydroxylation sites is 1. The fourth-order valence-electron chi connectivity index (χ4n) is 4.28. The molecule has 2 atom stereocenters. The van der Waals surface area contributed by atoms with Crippen molar-refractivity contribution in [3.8, 4) is 0 Å². The van der Waals surface area contributed by atoms with Crippen molar-refractivity contribution in [1.82, 2.24) is 4.90 Å². The summed E-state index contributed by atoms with van der Waals surface area (Å²) in [5, 5.41) is 0. The van der Waals surface area contributed by atoms with Gasteiger partial charge >= 0.3 is 6.09 Å². The van der Waals surface area contributed by atoms with Crippen LogP contribution in [0.1, 0.15) is 44.2 Å². The molecule has 3 aliphatic rings. The summed E-state index contributed by atoms with van der Waals surface area (Å²) in [4.78, 5) is 17.0. The molecule has 24 heavy (non-hydrogen) atoms. The van der Waals surface area contributed by atoms with Gasteiger partial charge in [0.2, 0.25) is 0 Å². The van der Waals surface area contributed by atoms with Crippen LogP contribution in [0.15, 0.2) is 18.2 Å². The number of fused-ring (bicyclic) bond motifs is 3. The van der Waals surface area contributed by atoms with E-state index in [0.29, 0.717) is 12.0 Å². The normalized spacial score (nSPS) is 25.8. The van der Waals surface area contributed by atoms with E-state index >= 15 is 0 Å². The topological polar surface area (TPSA) is 32.8 Å². The third-order valence-corrected chi connectivity index (χ3v) is 6.19. The zero-order valence-electron chi connectivity index (χ0n) is 14.7. The van der Waals surface area contributed by atoms with Crippen molar-refractivity contribution in [3.05, 3.63) is 29.3 Å². The molecule has 5 heteroatoms. The Morgan fingerprint density at radius 2 is 2.12 bits per heavy atom. The second-order valence-electron chi connectivity index (χ2n) is 7.99. The maximum absolute atomic E-state index is 12.5. The van der Waals surface area contributed by atoms with Gasteiger partial charge in [0, 0.05) is 48.8 Å². The van der Waals surface area contributed by atoms with Crippen molar-refractivity contribution in [2.75, 3.05) is 30.3 Å². The quantitative estimate of drug-likeness (QED) is 0.714. The van der Waals surface area contributed by atoms with Gasteiger partial charge in [0.25, 0.3) is 0 Å². The Kier molecular flexibility index (Phi) is 3.94. The van der Waals surface area contributed by atoms with Crippen molar-refractivity contribution in [1.29, 1.82) is 0 Å². The number of hydrogen-bond donors (Lipinski definition) is 0. The van der Waals surface area contributed by atoms with Gasteiger partial charge in [0.15, 0.2) is 0 Å². The summed E-state index contributed by atoms with van der Waals surface area (Å²) in [6.07, 6.45) is 0.864. The fraction of sp³-hybridized carbons (Fsp3) is 0.632. The van der Waals surface area contributed by atoms with Crippen molar-refractivity contribution < 1.29 is 9.53 Å². The summed E-state index contributed by atoms with van der Waals surface area (Å²) in [6, 6.07) is 7.27. The zero-order valence-corrected chi connectivity index (χ0v) is 15.6. The van der Waals surface area contributed by atoms with Gasteiger partial charge in [-0.15, -0.1) is 0 Å². The van der Waals surface area contributed by atoms with Crippen LogP contribution in [0.4, 0.5) is 10.5 Å². The van der Waals surface area contributed by atoms with Gasteiger partial charge in [-0.05, 0) is 38.3 Å². The first-order valence-corrected chi connectivity index (χ1v) is 10.0. The number of piperidine rings is 1. The van der Waals surface area contributed by atoms with Gasteiger partial charge in [-0.1, -0.05) is 18.2 Å². The summed E-state index contributed by atoms with van der Waals surface area (Å²) < 4.78 is 5.59. The molecule has 0 saturated carbocycles. The highest BCUT2D eigenvalue weighted by atomic mass is 32.2. The van der Waals surface area contributed by atoms with Crippen molar-refractivity contribution in [3.63, 3.8) is 0 Å². The number of nitrogens with zero attached hydrogens (tertiary/aromatic N) is 2. The average Bonchev–Trinajstić information content (AvgIpc) is 2.69. The first-order chi connectivity index (χ1) is 11.4. The van der Waals surface area contributed by atoms with Crippen LogP contribution in [0.3, 0.4) is 0 Å². The molecular formula is C19H26N2O2S. The second-order valence-corrected chi connectivity index (χ2v) is 9.09. The van der Waals surface area contributed by atoms with Gasteiger partial charge in [-0.2, -0.15) is 11.8 Å². The highest BCUT2D eigenvalue weighted by molar-refractivity contribution is 7.98. The Labute approximate surface area is 148 Å². The number of amides is 1. The lowest BCUT2D eigenvalue weighted by Crippen LogP contribution is -2.49. The number of thioether (sulfide) groups is 1. The summed E-state index contributed by atoms with van der Waals surface area (Å²) in [5.41, 5.74) is 3.93. The monoisotopic (exact) mass is 346 g/mol. The molecule has 130 valence electrons. The lowest BCUT2D eigenvalue weighted by atomic mass is 9.89. The van der Waals surface area contributed by atoms with E-state index in [4.69, 9.17) is 4.74 Å². The molecule has 4 nitrogen and oxygen atoms in total. The smallest absolute Gasteiger partial charge is 0.410 e. The molecule has 1 aromatic rings. The molecule has 1 unspecified atom stereocenters. The molecule has 1 aromatic carbocycles. The van der Waals surface area contributed by atoms with Crippen LogP contribution in [0, 0.1) is 0 Å². The maximum Gasteiger partial charge on any atom is 0.410 e. The maximum atomic E-state index is 12.5. The Morgan fingerprint density at radius 3 is 2.92 bits per heavy atom. The molecule has 0 aliphatic carbocycles. The minimum Gasteiger partial charge on any atom is -0.444 e. The van der Waals surface area contributed by atoms with E-state index in [9.17, 15) is 4.79 Å². The summed E-state index contributed by atoms with van der Waals surface area (Å²) in [7, 11) is 0. The number of carbonyl (C=O) groups excluding carboxylic acids is 1. The number of rotatable bonds is 0. The zero-order chi connectivity index (χ0) is 16.9. The highest BCUT2D eigenvalue weighted by Gasteiger charge is 2.44. The second kappa shape index (κ2) is 5.87. The van der Waals surface area contributed by atoms with Gasteiger partial charge < -0.3 is 14.5 Å². The number of anilines is 1. The first kappa shape index (κ1) is 16.1. The summed E-state index contributed by atoms with van der Waals surface area (Å²) >= 11 is 2.03. The standard InChI is InChI=1S/C19H26N2O2S/c1-19(2,3)23-18(22)20-8-7-16-15(11-20)14-6-4-5-13-12-24-10-9-21(16)17(13)14/h4-6,15-16H,7-12H2,1-3H3/t15?,16-/m0/s1. The Balaban J connectivity index is 1.60. The predicted octanol–water partition coefficient (Wildman–Crippen LogP) is 3.85. The molecule has 0 bridgehead atoms. The highest BCUT2D eigenvalue weighted by Crippen LogP contribution is 2.48. The van der Waals surface area contributed by atoms with Crippen molar-refractivity contribution in [2.45, 2.75) is 50.5 Å². The molecule has 1 fully saturated rings. The average molecular weight is 346 g/mol. The third kappa shape index (κ3) is 2.77. The van der Waals surface area contributed by atoms with E-state index in [1.807, 2.05) is 37.4 Å². The van der Waals surface area contributed by atoms with E-state index in [-0.39, 0.29) is 6.09 Å². The van der Waals surface area contributed by atoms with Crippen LogP contribution in [0.2, 0.25) is 0 Å². The number of ether oxygens (including phenoxy) is 1. The van der Waals surface area contributed by atoms with Gasteiger partial charge in [-0.25, -0.2) is 4.79 Å². The molecule has 0 radical (unpaired) electrons. The Morgan fingerprint density at radius 1 is 1.29 bits per heavy atom. The van der Waals surface area contributed by atoms with Gasteiger partial charge in [0.1, 0.15) is 5.60 Å². The molecule has 0 spiro atoms.